The van der Waals surface area contributed by atoms with Crippen molar-refractivity contribution in [2.75, 3.05) is 20.1 Å². The molecular formula is C17H20FN5O. The summed E-state index contributed by atoms with van der Waals surface area (Å²) < 4.78 is 14.1. The van der Waals surface area contributed by atoms with Crippen molar-refractivity contribution in [1.29, 1.82) is 0 Å². The van der Waals surface area contributed by atoms with Crippen LogP contribution in [0.15, 0.2) is 30.5 Å². The molecule has 2 atom stereocenters. The van der Waals surface area contributed by atoms with E-state index in [0.29, 0.717) is 12.1 Å². The van der Waals surface area contributed by atoms with Gasteiger partial charge in [0, 0.05) is 37.8 Å². The molecule has 2 aliphatic rings. The smallest absolute Gasteiger partial charge is 0.317 e. The number of aromatic nitrogens is 2. The Morgan fingerprint density at radius 1 is 1.38 bits per heavy atom. The zero-order valence-electron chi connectivity index (χ0n) is 13.5. The van der Waals surface area contributed by atoms with Crippen molar-refractivity contribution in [1.82, 2.24) is 25.3 Å². The van der Waals surface area contributed by atoms with Crippen LogP contribution in [0.1, 0.15) is 12.0 Å². The Hall–Kier alpha value is -2.41. The Morgan fingerprint density at radius 2 is 2.21 bits per heavy atom. The largest absolute Gasteiger partial charge is 0.332 e. The Morgan fingerprint density at radius 3 is 3.04 bits per heavy atom. The zero-order valence-corrected chi connectivity index (χ0v) is 13.5. The summed E-state index contributed by atoms with van der Waals surface area (Å²) in [5.41, 5.74) is 2.23. The van der Waals surface area contributed by atoms with Gasteiger partial charge in [-0.25, -0.2) is 9.18 Å². The molecule has 6 nitrogen and oxygen atoms in total. The van der Waals surface area contributed by atoms with Crippen LogP contribution < -0.4 is 5.32 Å². The zero-order chi connectivity index (χ0) is 16.7. The number of hydrogen-bond acceptors (Lipinski definition) is 3. The number of fused-ring (bicyclic) bond motifs is 1. The normalized spacial score (nSPS) is 24.1. The monoisotopic (exact) mass is 329 g/mol. The Bertz CT molecular complexity index is 761. The third-order valence-corrected chi connectivity index (χ3v) is 5.04. The van der Waals surface area contributed by atoms with Crippen LogP contribution in [-0.4, -0.2) is 58.2 Å². The Balaban J connectivity index is 1.51. The molecule has 1 aromatic carbocycles. The lowest BCUT2D eigenvalue weighted by Gasteiger charge is -2.35. The lowest BCUT2D eigenvalue weighted by atomic mass is 9.99. The van der Waals surface area contributed by atoms with E-state index in [1.54, 1.807) is 23.2 Å². The number of nitrogens with zero attached hydrogens (tertiary/aromatic N) is 3. The summed E-state index contributed by atoms with van der Waals surface area (Å²) in [6.45, 7) is 2.38. The first kappa shape index (κ1) is 15.1. The molecular weight excluding hydrogens is 309 g/mol. The second-order valence-electron chi connectivity index (χ2n) is 6.51. The fourth-order valence-electron chi connectivity index (χ4n) is 3.74. The number of hydrogen-bond donors (Lipinski definition) is 2. The minimum absolute atomic E-state index is 0.00204. The van der Waals surface area contributed by atoms with E-state index in [2.05, 4.69) is 20.4 Å². The molecule has 0 aliphatic carbocycles. The molecule has 4 rings (SSSR count). The fraction of sp³-hybridized carbons (Fsp3) is 0.412. The minimum Gasteiger partial charge on any atom is -0.332 e. The lowest BCUT2D eigenvalue weighted by molar-refractivity contribution is 0.147. The molecule has 2 amide bonds. The number of piperidine rings is 1. The summed E-state index contributed by atoms with van der Waals surface area (Å²) >= 11 is 0. The van der Waals surface area contributed by atoms with Crippen molar-refractivity contribution in [3.63, 3.8) is 0 Å². The quantitative estimate of drug-likeness (QED) is 0.903. The average molecular weight is 329 g/mol. The molecule has 0 saturated carbocycles. The van der Waals surface area contributed by atoms with E-state index in [1.165, 1.54) is 6.07 Å². The van der Waals surface area contributed by atoms with E-state index in [0.717, 1.165) is 30.8 Å². The third kappa shape index (κ3) is 2.54. The highest BCUT2D eigenvalue weighted by molar-refractivity contribution is 5.77. The summed E-state index contributed by atoms with van der Waals surface area (Å²) in [4.78, 5) is 15.9. The maximum Gasteiger partial charge on any atom is 0.317 e. The maximum absolute atomic E-state index is 14.1. The van der Waals surface area contributed by atoms with Gasteiger partial charge in [-0.2, -0.15) is 5.10 Å². The van der Waals surface area contributed by atoms with E-state index < -0.39 is 0 Å². The topological polar surface area (TPSA) is 64.3 Å². The first-order valence-corrected chi connectivity index (χ1v) is 8.16. The number of halogens is 1. The molecule has 1 aromatic heterocycles. The second-order valence-corrected chi connectivity index (χ2v) is 6.51. The highest BCUT2D eigenvalue weighted by Gasteiger charge is 2.40. The average Bonchev–Trinajstić information content (AvgIpc) is 3.13. The molecule has 2 N–H and O–H groups in total. The molecule has 24 heavy (non-hydrogen) atoms. The number of amides is 2. The van der Waals surface area contributed by atoms with Gasteiger partial charge in [0.25, 0.3) is 0 Å². The highest BCUT2D eigenvalue weighted by Crippen LogP contribution is 2.27. The van der Waals surface area contributed by atoms with Crippen molar-refractivity contribution in [3.8, 4) is 11.3 Å². The van der Waals surface area contributed by atoms with Gasteiger partial charge in [0.1, 0.15) is 5.82 Å². The van der Waals surface area contributed by atoms with Crippen molar-refractivity contribution in [2.45, 2.75) is 25.0 Å². The molecule has 7 heteroatoms. The van der Waals surface area contributed by atoms with Crippen LogP contribution in [0.2, 0.25) is 0 Å². The summed E-state index contributed by atoms with van der Waals surface area (Å²) in [5.74, 6) is -0.258. The van der Waals surface area contributed by atoms with Gasteiger partial charge in [0.2, 0.25) is 0 Å². The van der Waals surface area contributed by atoms with Crippen LogP contribution in [0.4, 0.5) is 9.18 Å². The summed E-state index contributed by atoms with van der Waals surface area (Å²) in [5, 5.41) is 10.1. The standard InChI is InChI=1S/C17H20FN5O/c1-22-15-6-7-23(10-14(15)20-17(22)24)9-11-8-19-21-16(11)12-4-2-3-5-13(12)18/h2-5,8,14-15H,6-7,9-10H2,1H3,(H,19,21)(H,20,24)/t14-,15+/m1/s1. The first-order valence-electron chi connectivity index (χ1n) is 8.16. The van der Waals surface area contributed by atoms with Crippen LogP contribution in [0.3, 0.4) is 0 Å². The van der Waals surface area contributed by atoms with E-state index in [4.69, 9.17) is 0 Å². The number of carbonyl (C=O) groups is 1. The van der Waals surface area contributed by atoms with Gasteiger partial charge in [0.15, 0.2) is 0 Å². The van der Waals surface area contributed by atoms with Gasteiger partial charge in [-0.3, -0.25) is 10.00 Å². The Labute approximate surface area is 139 Å². The highest BCUT2D eigenvalue weighted by atomic mass is 19.1. The fourth-order valence-corrected chi connectivity index (χ4v) is 3.74. The lowest BCUT2D eigenvalue weighted by Crippen LogP contribution is -2.50. The predicted octanol–water partition coefficient (Wildman–Crippen LogP) is 1.81. The number of nitrogens with one attached hydrogen (secondary N) is 2. The number of carbonyl (C=O) groups excluding carboxylic acids is 1. The van der Waals surface area contributed by atoms with Crippen LogP contribution in [-0.2, 0) is 6.54 Å². The summed E-state index contributed by atoms with van der Waals surface area (Å²) in [7, 11) is 1.85. The molecule has 0 bridgehead atoms. The van der Waals surface area contributed by atoms with Gasteiger partial charge in [0.05, 0.1) is 24.0 Å². The number of aromatic amines is 1. The third-order valence-electron chi connectivity index (χ3n) is 5.04. The van der Waals surface area contributed by atoms with Gasteiger partial charge in [-0.1, -0.05) is 12.1 Å². The number of H-pyrrole nitrogens is 1. The molecule has 0 unspecified atom stereocenters. The molecule has 0 radical (unpaired) electrons. The summed E-state index contributed by atoms with van der Waals surface area (Å²) in [6, 6.07) is 7.13. The number of benzene rings is 1. The molecule has 2 aliphatic heterocycles. The Kier molecular flexibility index (Phi) is 3.72. The predicted molar refractivity (Wildman–Crippen MR) is 87.7 cm³/mol. The van der Waals surface area contributed by atoms with Crippen molar-refractivity contribution < 1.29 is 9.18 Å². The molecule has 2 fully saturated rings. The van der Waals surface area contributed by atoms with Gasteiger partial charge < -0.3 is 10.2 Å². The number of rotatable bonds is 3. The molecule has 0 spiro atoms. The van der Waals surface area contributed by atoms with Crippen LogP contribution >= 0.6 is 0 Å². The first-order chi connectivity index (χ1) is 11.6. The van der Waals surface area contributed by atoms with Crippen molar-refractivity contribution >= 4 is 6.03 Å². The van der Waals surface area contributed by atoms with Gasteiger partial charge in [-0.05, 0) is 18.6 Å². The number of urea groups is 1. The second kappa shape index (κ2) is 5.90. The van der Waals surface area contributed by atoms with Crippen LogP contribution in [0.5, 0.6) is 0 Å². The molecule has 2 aromatic rings. The molecule has 3 heterocycles. The molecule has 2 saturated heterocycles. The summed E-state index contributed by atoms with van der Waals surface area (Å²) in [6.07, 6.45) is 2.69. The van der Waals surface area contributed by atoms with Crippen LogP contribution in [0, 0.1) is 5.82 Å². The van der Waals surface area contributed by atoms with Gasteiger partial charge >= 0.3 is 6.03 Å². The van der Waals surface area contributed by atoms with E-state index in [-0.39, 0.29) is 23.9 Å². The molecule has 126 valence electrons. The van der Waals surface area contributed by atoms with E-state index >= 15 is 0 Å². The van der Waals surface area contributed by atoms with Crippen LogP contribution in [0.25, 0.3) is 11.3 Å². The number of likely N-dealkylation sites (N-methyl/N-ethyl adjacent to an activating group) is 1. The maximum atomic E-state index is 14.1. The van der Waals surface area contributed by atoms with Crippen molar-refractivity contribution in [2.24, 2.45) is 0 Å². The van der Waals surface area contributed by atoms with E-state index in [9.17, 15) is 9.18 Å². The van der Waals surface area contributed by atoms with Crippen molar-refractivity contribution in [3.05, 3.63) is 41.8 Å². The minimum atomic E-state index is -0.258. The van der Waals surface area contributed by atoms with Gasteiger partial charge in [-0.15, -0.1) is 0 Å². The van der Waals surface area contributed by atoms with E-state index in [1.807, 2.05) is 13.1 Å². The SMILES string of the molecule is CN1C(=O)N[C@@H]2CN(Cc3cn[nH]c3-c3ccccc3F)CC[C@@H]21. The number of likely N-dealkylation sites (tertiary alicyclic amines) is 1.